The summed E-state index contributed by atoms with van der Waals surface area (Å²) in [6.07, 6.45) is 0.770. The van der Waals surface area contributed by atoms with Crippen molar-refractivity contribution in [2.75, 3.05) is 13.9 Å². The average Bonchev–Trinajstić information content (AvgIpc) is 3.08. The fourth-order valence-electron chi connectivity index (χ4n) is 3.23. The Morgan fingerprint density at radius 1 is 1.12 bits per heavy atom. The molecule has 128 valence electrons. The molecule has 2 aromatic carbocycles. The van der Waals surface area contributed by atoms with Crippen molar-refractivity contribution in [3.63, 3.8) is 0 Å². The topological polar surface area (TPSA) is 57.9 Å². The average molecular weight is 338 g/mol. The van der Waals surface area contributed by atoms with Crippen LogP contribution in [0.5, 0.6) is 17.2 Å². The van der Waals surface area contributed by atoms with Crippen molar-refractivity contribution < 1.29 is 18.6 Å². The maximum Gasteiger partial charge on any atom is 0.231 e. The highest BCUT2D eigenvalue weighted by Crippen LogP contribution is 2.36. The second kappa shape index (κ2) is 5.84. The summed E-state index contributed by atoms with van der Waals surface area (Å²) >= 11 is 0. The Hall–Kier alpha value is -2.95. The molecule has 0 saturated heterocycles. The number of methoxy groups -OCH3 is 1. The molecule has 3 aromatic rings. The van der Waals surface area contributed by atoms with Gasteiger partial charge in [0.2, 0.25) is 12.2 Å². The van der Waals surface area contributed by atoms with Crippen molar-refractivity contribution in [1.82, 2.24) is 0 Å². The highest BCUT2D eigenvalue weighted by Gasteiger charge is 2.19. The predicted molar refractivity (Wildman–Crippen MR) is 94.7 cm³/mol. The van der Waals surface area contributed by atoms with Crippen LogP contribution in [-0.4, -0.2) is 13.9 Å². The molecule has 0 fully saturated rings. The van der Waals surface area contributed by atoms with Crippen LogP contribution in [0, 0.1) is 6.92 Å². The van der Waals surface area contributed by atoms with E-state index in [-0.39, 0.29) is 12.2 Å². The van der Waals surface area contributed by atoms with Crippen LogP contribution < -0.4 is 19.6 Å². The van der Waals surface area contributed by atoms with Gasteiger partial charge in [-0.3, -0.25) is 4.79 Å². The standard InChI is InChI=1S/C20H18O5/c1-4-12-7-14-17(9-16(12)22-3)25-11(2)19(20(14)21)13-5-6-15-18(8-13)24-10-23-15/h5-9H,4,10H2,1-3H3. The van der Waals surface area contributed by atoms with Crippen LogP contribution in [0.3, 0.4) is 0 Å². The summed E-state index contributed by atoms with van der Waals surface area (Å²) < 4.78 is 22.1. The lowest BCUT2D eigenvalue weighted by molar-refractivity contribution is 0.174. The Bertz CT molecular complexity index is 1030. The SMILES string of the molecule is CCc1cc2c(=O)c(-c3ccc4c(c3)OCO4)c(C)oc2cc1OC. The number of aryl methyl sites for hydroxylation is 2. The van der Waals surface area contributed by atoms with Crippen molar-refractivity contribution in [2.24, 2.45) is 0 Å². The van der Waals surface area contributed by atoms with E-state index in [9.17, 15) is 4.79 Å². The summed E-state index contributed by atoms with van der Waals surface area (Å²) in [4.78, 5) is 13.1. The molecule has 1 aliphatic rings. The van der Waals surface area contributed by atoms with Gasteiger partial charge in [-0.15, -0.1) is 0 Å². The molecule has 4 rings (SSSR count). The smallest absolute Gasteiger partial charge is 0.231 e. The number of hydrogen-bond donors (Lipinski definition) is 0. The van der Waals surface area contributed by atoms with E-state index in [1.54, 1.807) is 20.1 Å². The van der Waals surface area contributed by atoms with E-state index in [4.69, 9.17) is 18.6 Å². The molecule has 0 atom stereocenters. The predicted octanol–water partition coefficient (Wildman–Crippen LogP) is 4.07. The minimum atomic E-state index is -0.0602. The second-order valence-electron chi connectivity index (χ2n) is 5.94. The van der Waals surface area contributed by atoms with Gasteiger partial charge in [0.05, 0.1) is 18.1 Å². The van der Waals surface area contributed by atoms with Gasteiger partial charge in [0.25, 0.3) is 0 Å². The number of fused-ring (bicyclic) bond motifs is 2. The Kier molecular flexibility index (Phi) is 3.64. The van der Waals surface area contributed by atoms with Crippen molar-refractivity contribution in [3.05, 3.63) is 51.9 Å². The van der Waals surface area contributed by atoms with E-state index < -0.39 is 0 Å². The first-order chi connectivity index (χ1) is 12.1. The Balaban J connectivity index is 1.97. The fraction of sp³-hybridized carbons (Fsp3) is 0.250. The van der Waals surface area contributed by atoms with Crippen LogP contribution in [0.1, 0.15) is 18.2 Å². The van der Waals surface area contributed by atoms with Crippen LogP contribution >= 0.6 is 0 Å². The molecule has 0 aliphatic carbocycles. The highest BCUT2D eigenvalue weighted by atomic mass is 16.7. The van der Waals surface area contributed by atoms with Gasteiger partial charge in [-0.2, -0.15) is 0 Å². The first-order valence-electron chi connectivity index (χ1n) is 8.16. The first-order valence-corrected chi connectivity index (χ1v) is 8.16. The molecule has 25 heavy (non-hydrogen) atoms. The van der Waals surface area contributed by atoms with E-state index in [2.05, 4.69) is 0 Å². The van der Waals surface area contributed by atoms with Gasteiger partial charge in [0, 0.05) is 6.07 Å². The van der Waals surface area contributed by atoms with Gasteiger partial charge < -0.3 is 18.6 Å². The van der Waals surface area contributed by atoms with Gasteiger partial charge in [-0.05, 0) is 42.7 Å². The zero-order valence-electron chi connectivity index (χ0n) is 14.3. The second-order valence-corrected chi connectivity index (χ2v) is 5.94. The molecule has 0 bridgehead atoms. The number of rotatable bonds is 3. The molecule has 0 radical (unpaired) electrons. The lowest BCUT2D eigenvalue weighted by Crippen LogP contribution is -2.08. The van der Waals surface area contributed by atoms with E-state index in [1.165, 1.54) is 0 Å². The van der Waals surface area contributed by atoms with Crippen molar-refractivity contribution >= 4 is 11.0 Å². The Labute approximate surface area is 144 Å². The lowest BCUT2D eigenvalue weighted by Gasteiger charge is -2.11. The largest absolute Gasteiger partial charge is 0.496 e. The maximum atomic E-state index is 13.1. The molecule has 0 amide bonds. The van der Waals surface area contributed by atoms with Gasteiger partial charge in [-0.25, -0.2) is 0 Å². The third-order valence-corrected chi connectivity index (χ3v) is 4.51. The molecule has 5 nitrogen and oxygen atoms in total. The molecule has 1 aromatic heterocycles. The molecule has 0 saturated carbocycles. The summed E-state index contributed by atoms with van der Waals surface area (Å²) in [5.74, 6) is 2.61. The number of benzene rings is 2. The van der Waals surface area contributed by atoms with Crippen LogP contribution in [0.15, 0.2) is 39.5 Å². The Morgan fingerprint density at radius 2 is 1.92 bits per heavy atom. The molecular formula is C20H18O5. The molecule has 5 heteroatoms. The van der Waals surface area contributed by atoms with E-state index in [0.717, 1.165) is 23.3 Å². The van der Waals surface area contributed by atoms with Gasteiger partial charge in [0.1, 0.15) is 17.1 Å². The van der Waals surface area contributed by atoms with Crippen LogP contribution in [-0.2, 0) is 6.42 Å². The molecule has 0 unspecified atom stereocenters. The van der Waals surface area contributed by atoms with Crippen molar-refractivity contribution in [2.45, 2.75) is 20.3 Å². The summed E-state index contributed by atoms with van der Waals surface area (Å²) in [6, 6.07) is 9.12. The third-order valence-electron chi connectivity index (χ3n) is 4.51. The van der Waals surface area contributed by atoms with Crippen LogP contribution in [0.4, 0.5) is 0 Å². The number of hydrogen-bond acceptors (Lipinski definition) is 5. The molecule has 2 heterocycles. The Morgan fingerprint density at radius 3 is 2.68 bits per heavy atom. The van der Waals surface area contributed by atoms with Gasteiger partial charge >= 0.3 is 0 Å². The summed E-state index contributed by atoms with van der Waals surface area (Å²) in [7, 11) is 1.62. The van der Waals surface area contributed by atoms with Crippen LogP contribution in [0.2, 0.25) is 0 Å². The first kappa shape index (κ1) is 15.6. The van der Waals surface area contributed by atoms with Gasteiger partial charge in [-0.1, -0.05) is 13.0 Å². The summed E-state index contributed by atoms with van der Waals surface area (Å²) in [5, 5.41) is 0.552. The molecule has 1 aliphatic heterocycles. The molecular weight excluding hydrogens is 320 g/mol. The minimum absolute atomic E-state index is 0.0602. The number of ether oxygens (including phenoxy) is 3. The zero-order chi connectivity index (χ0) is 17.6. The lowest BCUT2D eigenvalue weighted by atomic mass is 10.0. The summed E-state index contributed by atoms with van der Waals surface area (Å²) in [5.41, 5.74) is 2.74. The monoisotopic (exact) mass is 338 g/mol. The van der Waals surface area contributed by atoms with E-state index >= 15 is 0 Å². The normalized spacial score (nSPS) is 12.6. The maximum absolute atomic E-state index is 13.1. The van der Waals surface area contributed by atoms with Crippen molar-refractivity contribution in [1.29, 1.82) is 0 Å². The van der Waals surface area contributed by atoms with Crippen LogP contribution in [0.25, 0.3) is 22.1 Å². The van der Waals surface area contributed by atoms with E-state index in [0.29, 0.717) is 33.8 Å². The minimum Gasteiger partial charge on any atom is -0.496 e. The highest BCUT2D eigenvalue weighted by molar-refractivity contribution is 5.85. The quantitative estimate of drug-likeness (QED) is 0.720. The molecule has 0 spiro atoms. The third kappa shape index (κ3) is 2.43. The van der Waals surface area contributed by atoms with Gasteiger partial charge in [0.15, 0.2) is 11.5 Å². The van der Waals surface area contributed by atoms with E-state index in [1.807, 2.05) is 31.2 Å². The molecule has 0 N–H and O–H groups in total. The van der Waals surface area contributed by atoms with Crippen molar-refractivity contribution in [3.8, 4) is 28.4 Å². The zero-order valence-corrected chi connectivity index (χ0v) is 14.3. The summed E-state index contributed by atoms with van der Waals surface area (Å²) in [6.45, 7) is 4.02. The fourth-order valence-corrected chi connectivity index (χ4v) is 3.23.